The number of thioether (sulfide) groups is 1. The fourth-order valence-electron chi connectivity index (χ4n) is 2.01. The highest BCUT2D eigenvalue weighted by atomic mass is 79.9. The zero-order valence-electron chi connectivity index (χ0n) is 8.77. The van der Waals surface area contributed by atoms with E-state index in [1.54, 1.807) is 0 Å². The van der Waals surface area contributed by atoms with Gasteiger partial charge in [0.05, 0.1) is 4.47 Å². The van der Waals surface area contributed by atoms with E-state index >= 15 is 0 Å². The normalized spacial score (nSPS) is 20.7. The largest absolute Gasteiger partial charge is 0.220 e. The molecule has 0 saturated carbocycles. The van der Waals surface area contributed by atoms with Gasteiger partial charge >= 0.3 is 0 Å². The predicted molar refractivity (Wildman–Crippen MR) is 69.8 cm³/mol. The monoisotopic (exact) mass is 297 g/mol. The summed E-state index contributed by atoms with van der Waals surface area (Å²) in [7, 11) is 0. The number of nitrogens with zero attached hydrogens (tertiary/aromatic N) is 3. The topological polar surface area (TPSA) is 30.2 Å². The second-order valence-electron chi connectivity index (χ2n) is 4.09. The summed E-state index contributed by atoms with van der Waals surface area (Å²) in [5, 5.41) is 4.50. The summed E-state index contributed by atoms with van der Waals surface area (Å²) in [5.41, 5.74) is 0.920. The predicted octanol–water partition coefficient (Wildman–Crippen LogP) is 2.79. The lowest BCUT2D eigenvalue weighted by Gasteiger charge is -2.02. The van der Waals surface area contributed by atoms with Crippen molar-refractivity contribution in [3.63, 3.8) is 0 Å². The lowest BCUT2D eigenvalue weighted by Crippen LogP contribution is -2.04. The number of rotatable bonds is 2. The van der Waals surface area contributed by atoms with Gasteiger partial charge < -0.3 is 0 Å². The van der Waals surface area contributed by atoms with E-state index < -0.39 is 0 Å². The van der Waals surface area contributed by atoms with Gasteiger partial charge in [0, 0.05) is 12.6 Å². The Kier molecular flexibility index (Phi) is 2.90. The molecule has 0 bridgehead atoms. The molecule has 5 heteroatoms. The number of halogens is 1. The van der Waals surface area contributed by atoms with Crippen molar-refractivity contribution in [2.45, 2.75) is 12.8 Å². The van der Waals surface area contributed by atoms with Crippen LogP contribution in [0.3, 0.4) is 0 Å². The Morgan fingerprint density at radius 3 is 3.25 bits per heavy atom. The molecule has 16 heavy (non-hydrogen) atoms. The van der Waals surface area contributed by atoms with Gasteiger partial charge in [0.25, 0.3) is 0 Å². The van der Waals surface area contributed by atoms with E-state index in [0.717, 1.165) is 28.3 Å². The Bertz CT molecular complexity index is 505. The highest BCUT2D eigenvalue weighted by Gasteiger charge is 2.18. The first-order chi connectivity index (χ1) is 7.83. The average Bonchev–Trinajstić information content (AvgIpc) is 2.88. The van der Waals surface area contributed by atoms with Crippen LogP contribution < -0.4 is 0 Å². The van der Waals surface area contributed by atoms with Crippen molar-refractivity contribution in [2.24, 2.45) is 5.92 Å². The number of pyridine rings is 1. The Balaban J connectivity index is 1.90. The van der Waals surface area contributed by atoms with Crippen LogP contribution in [0.15, 0.2) is 22.8 Å². The van der Waals surface area contributed by atoms with Crippen LogP contribution in [-0.4, -0.2) is 26.1 Å². The summed E-state index contributed by atoms with van der Waals surface area (Å²) in [6.45, 7) is 0. The van der Waals surface area contributed by atoms with Crippen molar-refractivity contribution in [3.05, 3.63) is 28.6 Å². The van der Waals surface area contributed by atoms with Crippen LogP contribution in [0.2, 0.25) is 0 Å². The Morgan fingerprint density at radius 2 is 2.50 bits per heavy atom. The molecular formula is C11H12BrN3S. The molecule has 1 aliphatic rings. The SMILES string of the molecule is Brc1cccn2nc(CC3CCSC3)nc12. The van der Waals surface area contributed by atoms with Crippen LogP contribution in [0.4, 0.5) is 0 Å². The zero-order valence-corrected chi connectivity index (χ0v) is 11.2. The highest BCUT2D eigenvalue weighted by molar-refractivity contribution is 9.10. The summed E-state index contributed by atoms with van der Waals surface area (Å²) in [4.78, 5) is 4.57. The van der Waals surface area contributed by atoms with Crippen molar-refractivity contribution in [2.75, 3.05) is 11.5 Å². The van der Waals surface area contributed by atoms with E-state index in [9.17, 15) is 0 Å². The zero-order chi connectivity index (χ0) is 11.0. The first kappa shape index (κ1) is 10.6. The van der Waals surface area contributed by atoms with E-state index in [1.165, 1.54) is 17.9 Å². The number of aromatic nitrogens is 3. The maximum absolute atomic E-state index is 4.57. The second kappa shape index (κ2) is 4.37. The van der Waals surface area contributed by atoms with Gasteiger partial charge in [-0.15, -0.1) is 0 Å². The van der Waals surface area contributed by atoms with Crippen molar-refractivity contribution in [1.82, 2.24) is 14.6 Å². The van der Waals surface area contributed by atoms with Crippen LogP contribution in [-0.2, 0) is 6.42 Å². The standard InChI is InChI=1S/C11H12BrN3S/c12-9-2-1-4-15-11(9)13-10(14-15)6-8-3-5-16-7-8/h1-2,4,8H,3,5-7H2. The first-order valence-electron chi connectivity index (χ1n) is 5.40. The second-order valence-corrected chi connectivity index (χ2v) is 6.09. The third-order valence-electron chi connectivity index (χ3n) is 2.85. The van der Waals surface area contributed by atoms with Crippen molar-refractivity contribution in [1.29, 1.82) is 0 Å². The molecule has 0 radical (unpaired) electrons. The van der Waals surface area contributed by atoms with Crippen LogP contribution in [0.5, 0.6) is 0 Å². The third kappa shape index (κ3) is 1.98. The van der Waals surface area contributed by atoms with E-state index in [0.29, 0.717) is 0 Å². The van der Waals surface area contributed by atoms with E-state index in [1.807, 2.05) is 34.6 Å². The molecule has 84 valence electrons. The molecule has 0 aromatic carbocycles. The molecule has 1 aliphatic heterocycles. The smallest absolute Gasteiger partial charge is 0.169 e. The van der Waals surface area contributed by atoms with Crippen LogP contribution in [0.25, 0.3) is 5.65 Å². The molecule has 2 aromatic heterocycles. The lowest BCUT2D eigenvalue weighted by molar-refractivity contribution is 0.575. The van der Waals surface area contributed by atoms with E-state index in [4.69, 9.17) is 0 Å². The minimum absolute atomic E-state index is 0.765. The summed E-state index contributed by atoms with van der Waals surface area (Å²) in [6.07, 6.45) is 4.27. The van der Waals surface area contributed by atoms with Gasteiger partial charge in [0.2, 0.25) is 0 Å². The van der Waals surface area contributed by atoms with Crippen molar-refractivity contribution < 1.29 is 0 Å². The van der Waals surface area contributed by atoms with Crippen LogP contribution in [0, 0.1) is 5.92 Å². The molecule has 0 spiro atoms. The number of fused-ring (bicyclic) bond motifs is 1. The van der Waals surface area contributed by atoms with E-state index in [2.05, 4.69) is 26.0 Å². The van der Waals surface area contributed by atoms with Gasteiger partial charge in [-0.2, -0.15) is 16.9 Å². The molecule has 1 fully saturated rings. The summed E-state index contributed by atoms with van der Waals surface area (Å²) in [6, 6.07) is 3.97. The molecule has 0 N–H and O–H groups in total. The Morgan fingerprint density at radius 1 is 1.56 bits per heavy atom. The molecule has 0 amide bonds. The Labute approximate surface area is 107 Å². The molecule has 3 nitrogen and oxygen atoms in total. The quantitative estimate of drug-likeness (QED) is 0.854. The minimum Gasteiger partial charge on any atom is -0.220 e. The fraction of sp³-hybridized carbons (Fsp3) is 0.455. The maximum Gasteiger partial charge on any atom is 0.169 e. The molecule has 2 aromatic rings. The van der Waals surface area contributed by atoms with Gasteiger partial charge in [-0.3, -0.25) is 0 Å². The molecule has 3 rings (SSSR count). The van der Waals surface area contributed by atoms with E-state index in [-0.39, 0.29) is 0 Å². The fourth-order valence-corrected chi connectivity index (χ4v) is 3.71. The molecule has 0 aliphatic carbocycles. The molecule has 3 heterocycles. The lowest BCUT2D eigenvalue weighted by atomic mass is 10.1. The summed E-state index contributed by atoms with van der Waals surface area (Å²) < 4.78 is 2.86. The molecule has 1 atom stereocenters. The molecule has 1 saturated heterocycles. The summed E-state index contributed by atoms with van der Waals surface area (Å²) >= 11 is 5.54. The Hall–Kier alpha value is -0.550. The van der Waals surface area contributed by atoms with Crippen molar-refractivity contribution in [3.8, 4) is 0 Å². The summed E-state index contributed by atoms with van der Waals surface area (Å²) in [5.74, 6) is 4.29. The molecule has 1 unspecified atom stereocenters. The highest BCUT2D eigenvalue weighted by Crippen LogP contribution is 2.26. The van der Waals surface area contributed by atoms with Gasteiger partial charge in [0.1, 0.15) is 0 Å². The van der Waals surface area contributed by atoms with Crippen LogP contribution in [0.1, 0.15) is 12.2 Å². The van der Waals surface area contributed by atoms with Crippen molar-refractivity contribution >= 4 is 33.3 Å². The van der Waals surface area contributed by atoms with Crippen LogP contribution >= 0.6 is 27.7 Å². The number of hydrogen-bond acceptors (Lipinski definition) is 3. The average molecular weight is 298 g/mol. The third-order valence-corrected chi connectivity index (χ3v) is 4.70. The first-order valence-corrected chi connectivity index (χ1v) is 7.35. The van der Waals surface area contributed by atoms with Gasteiger partial charge in [-0.1, -0.05) is 0 Å². The molecular weight excluding hydrogens is 286 g/mol. The number of hydrogen-bond donors (Lipinski definition) is 0. The van der Waals surface area contributed by atoms with Gasteiger partial charge in [-0.05, 0) is 51.9 Å². The minimum atomic E-state index is 0.765. The van der Waals surface area contributed by atoms with Gasteiger partial charge in [-0.25, -0.2) is 9.50 Å². The maximum atomic E-state index is 4.57. The van der Waals surface area contributed by atoms with Gasteiger partial charge in [0.15, 0.2) is 11.5 Å².